The summed E-state index contributed by atoms with van der Waals surface area (Å²) >= 11 is 0. The number of benzene rings is 1. The van der Waals surface area contributed by atoms with E-state index in [1.54, 1.807) is 33.9 Å². The number of hydrogen-bond donors (Lipinski definition) is 0. The molecular weight excluding hydrogens is 509 g/mol. The summed E-state index contributed by atoms with van der Waals surface area (Å²) in [6.45, 7) is 7.61. The van der Waals surface area contributed by atoms with Gasteiger partial charge in [0.15, 0.2) is 17.0 Å². The van der Waals surface area contributed by atoms with Crippen LogP contribution in [-0.2, 0) is 27.2 Å². The molecule has 0 atom stereocenters. The Balaban J connectivity index is 2.31. The molecule has 2 aromatic rings. The van der Waals surface area contributed by atoms with E-state index in [1.165, 1.54) is 18.2 Å². The number of ether oxygens (including phenoxy) is 1. The molecular formula is C24H37FN2O7P2. The quantitative estimate of drug-likeness (QED) is 0.159. The highest BCUT2D eigenvalue weighted by Gasteiger charge is 2.52. The molecule has 1 heterocycles. The zero-order valence-electron chi connectivity index (χ0n) is 21.6. The Bertz CT molecular complexity index is 979. The van der Waals surface area contributed by atoms with Gasteiger partial charge in [0.25, 0.3) is 0 Å². The lowest BCUT2D eigenvalue weighted by molar-refractivity contribution is 0.195. The van der Waals surface area contributed by atoms with E-state index in [-0.39, 0.29) is 44.3 Å². The van der Waals surface area contributed by atoms with Gasteiger partial charge in [-0.25, -0.2) is 9.37 Å². The van der Waals surface area contributed by atoms with Crippen molar-refractivity contribution in [2.24, 2.45) is 0 Å². The van der Waals surface area contributed by atoms with Crippen molar-refractivity contribution in [1.82, 2.24) is 4.98 Å². The number of hydrogen-bond acceptors (Lipinski definition) is 9. The lowest BCUT2D eigenvalue weighted by Gasteiger charge is -2.31. The van der Waals surface area contributed by atoms with E-state index in [2.05, 4.69) is 4.98 Å². The number of rotatable bonds is 17. The van der Waals surface area contributed by atoms with Crippen LogP contribution in [0.5, 0.6) is 5.75 Å². The van der Waals surface area contributed by atoms with Crippen LogP contribution in [0.2, 0.25) is 0 Å². The third kappa shape index (κ3) is 8.10. The molecule has 0 aliphatic rings. The molecule has 0 unspecified atom stereocenters. The van der Waals surface area contributed by atoms with Crippen LogP contribution < -0.4 is 9.64 Å². The predicted molar refractivity (Wildman–Crippen MR) is 138 cm³/mol. The molecule has 0 spiro atoms. The van der Waals surface area contributed by atoms with Crippen LogP contribution in [0.15, 0.2) is 42.6 Å². The molecule has 36 heavy (non-hydrogen) atoms. The van der Waals surface area contributed by atoms with Crippen LogP contribution in [0, 0.1) is 5.82 Å². The molecule has 0 amide bonds. The molecule has 2 rings (SSSR count). The minimum atomic E-state index is -4.05. The van der Waals surface area contributed by atoms with Crippen molar-refractivity contribution in [3.63, 3.8) is 0 Å². The Labute approximate surface area is 213 Å². The second-order valence-corrected chi connectivity index (χ2v) is 12.3. The highest BCUT2D eigenvalue weighted by atomic mass is 31.2. The maximum absolute atomic E-state index is 14.7. The van der Waals surface area contributed by atoms with E-state index in [4.69, 9.17) is 22.8 Å². The molecule has 0 aliphatic heterocycles. The number of pyridine rings is 1. The van der Waals surface area contributed by atoms with Crippen molar-refractivity contribution in [2.75, 3.05) is 51.5 Å². The molecule has 0 fully saturated rings. The molecule has 0 aliphatic carbocycles. The second kappa shape index (κ2) is 14.8. The van der Waals surface area contributed by atoms with Crippen molar-refractivity contribution in [2.45, 2.75) is 39.5 Å². The maximum atomic E-state index is 14.7. The predicted octanol–water partition coefficient (Wildman–Crippen LogP) is 6.66. The number of halogens is 1. The largest absolute Gasteiger partial charge is 0.490 e. The standard InChI is InChI=1S/C24H37FN2O7P2/c1-6-31-35(28,32-7-2)24(36(29,33-8-3)34-9-4)20-14-15-21(25)22(19-20)30-18-12-17-27(5)23-13-10-11-16-26-23/h10-11,13-16,19,24H,6-9,12,17-18H2,1-5H3. The first kappa shape index (κ1) is 30.4. The minimum Gasteiger partial charge on any atom is -0.490 e. The van der Waals surface area contributed by atoms with Crippen molar-refractivity contribution < 1.29 is 36.4 Å². The van der Waals surface area contributed by atoms with Crippen LogP contribution in [0.25, 0.3) is 0 Å². The third-order valence-electron chi connectivity index (χ3n) is 5.02. The molecule has 0 saturated carbocycles. The second-order valence-electron chi connectivity index (χ2n) is 7.63. The normalized spacial score (nSPS) is 12.2. The number of nitrogens with zero attached hydrogens (tertiary/aromatic N) is 2. The monoisotopic (exact) mass is 546 g/mol. The highest BCUT2D eigenvalue weighted by molar-refractivity contribution is 7.72. The Morgan fingerprint density at radius 1 is 0.917 bits per heavy atom. The fraction of sp³-hybridized carbons (Fsp3) is 0.542. The molecule has 0 N–H and O–H groups in total. The number of anilines is 1. The van der Waals surface area contributed by atoms with Gasteiger partial charge in [-0.3, -0.25) is 9.13 Å². The van der Waals surface area contributed by atoms with Gasteiger partial charge in [0.1, 0.15) is 5.82 Å². The molecule has 202 valence electrons. The fourth-order valence-corrected chi connectivity index (χ4v) is 8.97. The molecule has 0 saturated heterocycles. The molecule has 1 aromatic carbocycles. The summed E-state index contributed by atoms with van der Waals surface area (Å²) < 4.78 is 70.2. The van der Waals surface area contributed by atoms with Crippen LogP contribution in [0.1, 0.15) is 45.1 Å². The average Bonchev–Trinajstić information content (AvgIpc) is 2.84. The summed E-state index contributed by atoms with van der Waals surface area (Å²) in [6, 6.07) is 9.54. The van der Waals surface area contributed by atoms with Crippen molar-refractivity contribution in [3.05, 3.63) is 54.0 Å². The molecule has 9 nitrogen and oxygen atoms in total. The lowest BCUT2D eigenvalue weighted by atomic mass is 10.2. The van der Waals surface area contributed by atoms with E-state index in [0.717, 1.165) is 5.82 Å². The fourth-order valence-electron chi connectivity index (χ4n) is 3.58. The topological polar surface area (TPSA) is 96.4 Å². The molecule has 0 bridgehead atoms. The van der Waals surface area contributed by atoms with E-state index < -0.39 is 26.4 Å². The molecule has 12 heteroatoms. The summed E-state index contributed by atoms with van der Waals surface area (Å²) in [4.78, 5) is 6.26. The van der Waals surface area contributed by atoms with E-state index in [9.17, 15) is 13.5 Å². The Hall–Kier alpha value is -1.80. The van der Waals surface area contributed by atoms with Gasteiger partial charge in [0, 0.05) is 19.8 Å². The lowest BCUT2D eigenvalue weighted by Crippen LogP contribution is -2.21. The van der Waals surface area contributed by atoms with Gasteiger partial charge in [-0.1, -0.05) is 12.1 Å². The first-order valence-electron chi connectivity index (χ1n) is 12.1. The third-order valence-corrected chi connectivity index (χ3v) is 11.0. The summed E-state index contributed by atoms with van der Waals surface area (Å²) in [6.07, 6.45) is 2.30. The zero-order chi connectivity index (χ0) is 26.6. The van der Waals surface area contributed by atoms with E-state index >= 15 is 0 Å². The summed E-state index contributed by atoms with van der Waals surface area (Å²) in [5, 5.41) is -1.41. The van der Waals surface area contributed by atoms with Crippen LogP contribution in [0.4, 0.5) is 10.2 Å². The van der Waals surface area contributed by atoms with Gasteiger partial charge < -0.3 is 27.7 Å². The maximum Gasteiger partial charge on any atom is 0.350 e. The van der Waals surface area contributed by atoms with E-state index in [0.29, 0.717) is 13.0 Å². The number of aromatic nitrogens is 1. The van der Waals surface area contributed by atoms with Gasteiger partial charge in [-0.05, 0) is 63.9 Å². The Morgan fingerprint density at radius 3 is 2.00 bits per heavy atom. The SMILES string of the molecule is CCOP(=O)(OCC)C(c1ccc(F)c(OCCCN(C)c2ccccn2)c1)P(=O)(OCC)OCC. The van der Waals surface area contributed by atoms with Crippen LogP contribution in [0.3, 0.4) is 0 Å². The van der Waals surface area contributed by atoms with Crippen LogP contribution in [-0.4, -0.2) is 51.6 Å². The van der Waals surface area contributed by atoms with Gasteiger partial charge >= 0.3 is 15.2 Å². The molecule has 0 radical (unpaired) electrons. The average molecular weight is 547 g/mol. The van der Waals surface area contributed by atoms with Gasteiger partial charge in [-0.15, -0.1) is 0 Å². The summed E-state index contributed by atoms with van der Waals surface area (Å²) in [5.74, 6) is 0.136. The van der Waals surface area contributed by atoms with Crippen molar-refractivity contribution in [3.8, 4) is 5.75 Å². The Kier molecular flexibility index (Phi) is 12.5. The first-order chi connectivity index (χ1) is 17.2. The molecule has 1 aromatic heterocycles. The van der Waals surface area contributed by atoms with Gasteiger partial charge in [0.2, 0.25) is 0 Å². The van der Waals surface area contributed by atoms with E-state index in [1.807, 2.05) is 30.1 Å². The smallest absolute Gasteiger partial charge is 0.350 e. The van der Waals surface area contributed by atoms with Gasteiger partial charge in [0.05, 0.1) is 33.0 Å². The first-order valence-corrected chi connectivity index (χ1v) is 15.3. The zero-order valence-corrected chi connectivity index (χ0v) is 23.4. The summed E-state index contributed by atoms with van der Waals surface area (Å²) in [5.41, 5.74) is 0.215. The highest BCUT2D eigenvalue weighted by Crippen LogP contribution is 2.78. The van der Waals surface area contributed by atoms with Crippen molar-refractivity contribution >= 4 is 21.0 Å². The van der Waals surface area contributed by atoms with Crippen LogP contribution >= 0.6 is 15.2 Å². The Morgan fingerprint density at radius 2 is 1.50 bits per heavy atom. The van der Waals surface area contributed by atoms with Crippen molar-refractivity contribution in [1.29, 1.82) is 0 Å². The summed E-state index contributed by atoms with van der Waals surface area (Å²) in [7, 11) is -6.19. The minimum absolute atomic E-state index is 0.0420. The van der Waals surface area contributed by atoms with Gasteiger partial charge in [-0.2, -0.15) is 0 Å².